The molecule has 0 fully saturated rings. The molecule has 6 nitrogen and oxygen atoms in total. The number of hydrogen-bond donors (Lipinski definition) is 1. The molecule has 0 saturated carbocycles. The summed E-state index contributed by atoms with van der Waals surface area (Å²) in [5.41, 5.74) is 0.806. The van der Waals surface area contributed by atoms with Crippen LogP contribution in [-0.4, -0.2) is 24.7 Å². The first-order chi connectivity index (χ1) is 9.87. The van der Waals surface area contributed by atoms with Crippen molar-refractivity contribution in [2.75, 3.05) is 4.72 Å². The van der Waals surface area contributed by atoms with Gasteiger partial charge in [0.15, 0.2) is 0 Å². The van der Waals surface area contributed by atoms with Crippen molar-refractivity contribution < 1.29 is 13.2 Å². The van der Waals surface area contributed by atoms with Crippen LogP contribution in [0.3, 0.4) is 0 Å². The van der Waals surface area contributed by atoms with Gasteiger partial charge in [-0.1, -0.05) is 23.5 Å². The van der Waals surface area contributed by atoms with E-state index in [9.17, 15) is 8.42 Å². The van der Waals surface area contributed by atoms with E-state index in [-0.39, 0.29) is 16.1 Å². The van der Waals surface area contributed by atoms with E-state index in [0.29, 0.717) is 11.6 Å². The third-order valence-electron chi connectivity index (χ3n) is 2.54. The zero-order valence-corrected chi connectivity index (χ0v) is 13.7. The quantitative estimate of drug-likeness (QED) is 0.882. The summed E-state index contributed by atoms with van der Waals surface area (Å²) in [6, 6.07) is 6.66. The summed E-state index contributed by atoms with van der Waals surface area (Å²) >= 11 is 1.19. The number of rotatable bonds is 6. The van der Waals surface area contributed by atoms with Crippen LogP contribution in [0.15, 0.2) is 29.2 Å². The van der Waals surface area contributed by atoms with Crippen molar-refractivity contribution in [3.8, 4) is 0 Å². The minimum absolute atomic E-state index is 0.0905. The SMILES string of the molecule is Cc1nnc(NS(=O)(=O)c2cccc(COC(C)C)c2)s1. The fraction of sp³-hybridized carbons (Fsp3) is 0.385. The average molecular weight is 327 g/mol. The van der Waals surface area contributed by atoms with Crippen molar-refractivity contribution >= 4 is 26.5 Å². The lowest BCUT2D eigenvalue weighted by atomic mass is 10.2. The molecule has 8 heteroatoms. The molecule has 0 aliphatic rings. The molecule has 0 aliphatic carbocycles. The molecule has 0 saturated heterocycles. The maximum atomic E-state index is 12.3. The first kappa shape index (κ1) is 15.9. The summed E-state index contributed by atoms with van der Waals surface area (Å²) < 4.78 is 32.5. The number of benzene rings is 1. The highest BCUT2D eigenvalue weighted by Crippen LogP contribution is 2.20. The molecule has 0 atom stereocenters. The molecule has 1 heterocycles. The van der Waals surface area contributed by atoms with Crippen LogP contribution >= 0.6 is 11.3 Å². The summed E-state index contributed by atoms with van der Waals surface area (Å²) in [7, 11) is -3.66. The molecule has 2 aromatic rings. The van der Waals surface area contributed by atoms with Gasteiger partial charge in [-0.2, -0.15) is 0 Å². The van der Waals surface area contributed by atoms with Gasteiger partial charge in [0.2, 0.25) is 5.13 Å². The Balaban J connectivity index is 2.17. The van der Waals surface area contributed by atoms with Crippen molar-refractivity contribution in [1.82, 2.24) is 10.2 Å². The Morgan fingerprint density at radius 1 is 1.33 bits per heavy atom. The minimum Gasteiger partial charge on any atom is -0.374 e. The van der Waals surface area contributed by atoms with Crippen molar-refractivity contribution in [1.29, 1.82) is 0 Å². The number of ether oxygens (including phenoxy) is 1. The second-order valence-electron chi connectivity index (χ2n) is 4.74. The van der Waals surface area contributed by atoms with Gasteiger partial charge in [-0.25, -0.2) is 8.42 Å². The molecule has 0 unspecified atom stereocenters. The Bertz CT molecular complexity index is 711. The zero-order valence-electron chi connectivity index (χ0n) is 12.0. The second kappa shape index (κ2) is 6.50. The standard InChI is InChI=1S/C13H17N3O3S2/c1-9(2)19-8-11-5-4-6-12(7-11)21(17,18)16-13-15-14-10(3)20-13/h4-7,9H,8H2,1-3H3,(H,15,16). The minimum atomic E-state index is -3.66. The van der Waals surface area contributed by atoms with E-state index in [0.717, 1.165) is 5.56 Å². The first-order valence-electron chi connectivity index (χ1n) is 6.40. The Morgan fingerprint density at radius 2 is 2.10 bits per heavy atom. The van der Waals surface area contributed by atoms with E-state index in [1.165, 1.54) is 17.4 Å². The lowest BCUT2D eigenvalue weighted by molar-refractivity contribution is 0.0656. The number of nitrogens with zero attached hydrogens (tertiary/aromatic N) is 2. The van der Waals surface area contributed by atoms with Gasteiger partial charge in [-0.05, 0) is 38.5 Å². The summed E-state index contributed by atoms with van der Waals surface area (Å²) in [5, 5.41) is 8.51. The Morgan fingerprint density at radius 3 is 2.71 bits per heavy atom. The van der Waals surface area contributed by atoms with Gasteiger partial charge < -0.3 is 4.74 Å². The van der Waals surface area contributed by atoms with E-state index in [1.807, 2.05) is 19.9 Å². The van der Waals surface area contributed by atoms with E-state index in [1.54, 1.807) is 19.1 Å². The molecule has 0 radical (unpaired) electrons. The number of anilines is 1. The summed E-state index contributed by atoms with van der Waals surface area (Å²) in [4.78, 5) is 0.181. The molecule has 1 aromatic carbocycles. The number of aromatic nitrogens is 2. The molecule has 2 rings (SSSR count). The topological polar surface area (TPSA) is 81.2 Å². The number of sulfonamides is 1. The number of aryl methyl sites for hydroxylation is 1. The maximum Gasteiger partial charge on any atom is 0.263 e. The predicted octanol–water partition coefficient (Wildman–Crippen LogP) is 2.57. The molecule has 1 N–H and O–H groups in total. The monoisotopic (exact) mass is 327 g/mol. The lowest BCUT2D eigenvalue weighted by Crippen LogP contribution is -2.13. The fourth-order valence-electron chi connectivity index (χ4n) is 1.58. The molecular weight excluding hydrogens is 310 g/mol. The van der Waals surface area contributed by atoms with E-state index in [4.69, 9.17) is 4.74 Å². The number of nitrogens with one attached hydrogen (secondary N) is 1. The smallest absolute Gasteiger partial charge is 0.263 e. The largest absolute Gasteiger partial charge is 0.374 e. The molecule has 0 bridgehead atoms. The molecule has 114 valence electrons. The van der Waals surface area contributed by atoms with Gasteiger partial charge in [-0.15, -0.1) is 10.2 Å². The van der Waals surface area contributed by atoms with Crippen LogP contribution in [-0.2, 0) is 21.4 Å². The van der Waals surface area contributed by atoms with Gasteiger partial charge in [0.25, 0.3) is 10.0 Å². The van der Waals surface area contributed by atoms with Crippen LogP contribution in [0.4, 0.5) is 5.13 Å². The summed E-state index contributed by atoms with van der Waals surface area (Å²) in [6.45, 7) is 6.00. The van der Waals surface area contributed by atoms with Crippen molar-refractivity contribution in [2.45, 2.75) is 38.4 Å². The Hall–Kier alpha value is -1.51. The van der Waals surface area contributed by atoms with Crippen LogP contribution < -0.4 is 4.72 Å². The first-order valence-corrected chi connectivity index (χ1v) is 8.70. The van der Waals surface area contributed by atoms with E-state index in [2.05, 4.69) is 14.9 Å². The molecule has 0 spiro atoms. The Kier molecular flexibility index (Phi) is 4.92. The highest BCUT2D eigenvalue weighted by molar-refractivity contribution is 7.93. The maximum absolute atomic E-state index is 12.3. The average Bonchev–Trinajstić information content (AvgIpc) is 2.81. The van der Waals surface area contributed by atoms with E-state index < -0.39 is 10.0 Å². The van der Waals surface area contributed by atoms with Crippen molar-refractivity contribution in [3.05, 3.63) is 34.8 Å². The highest BCUT2D eigenvalue weighted by Gasteiger charge is 2.16. The van der Waals surface area contributed by atoms with Crippen LogP contribution in [0.5, 0.6) is 0 Å². The molecular formula is C13H17N3O3S2. The van der Waals surface area contributed by atoms with Crippen LogP contribution in [0.25, 0.3) is 0 Å². The molecule has 21 heavy (non-hydrogen) atoms. The lowest BCUT2D eigenvalue weighted by Gasteiger charge is -2.09. The summed E-state index contributed by atoms with van der Waals surface area (Å²) in [5.74, 6) is 0. The van der Waals surface area contributed by atoms with Crippen molar-refractivity contribution in [3.63, 3.8) is 0 Å². The van der Waals surface area contributed by atoms with Gasteiger partial charge in [-0.3, -0.25) is 4.72 Å². The zero-order chi connectivity index (χ0) is 15.5. The van der Waals surface area contributed by atoms with Crippen molar-refractivity contribution in [2.24, 2.45) is 0 Å². The third-order valence-corrected chi connectivity index (χ3v) is 4.76. The van der Waals surface area contributed by atoms with Crippen LogP contribution in [0.2, 0.25) is 0 Å². The normalized spacial score (nSPS) is 11.8. The number of hydrogen-bond acceptors (Lipinski definition) is 6. The Labute approximate surface area is 128 Å². The van der Waals surface area contributed by atoms with Gasteiger partial charge in [0.1, 0.15) is 5.01 Å². The second-order valence-corrected chi connectivity index (χ2v) is 7.60. The van der Waals surface area contributed by atoms with Gasteiger partial charge >= 0.3 is 0 Å². The van der Waals surface area contributed by atoms with E-state index >= 15 is 0 Å². The predicted molar refractivity (Wildman–Crippen MR) is 81.8 cm³/mol. The molecule has 0 amide bonds. The van der Waals surface area contributed by atoms with Gasteiger partial charge in [0, 0.05) is 0 Å². The van der Waals surface area contributed by atoms with Crippen LogP contribution in [0, 0.1) is 6.92 Å². The molecule has 1 aromatic heterocycles. The van der Waals surface area contributed by atoms with Gasteiger partial charge in [0.05, 0.1) is 17.6 Å². The fourth-order valence-corrected chi connectivity index (χ4v) is 3.47. The third kappa shape index (κ3) is 4.48. The highest BCUT2D eigenvalue weighted by atomic mass is 32.2. The summed E-state index contributed by atoms with van der Waals surface area (Å²) in [6.07, 6.45) is 0.0905. The molecule has 0 aliphatic heterocycles. The van der Waals surface area contributed by atoms with Crippen LogP contribution in [0.1, 0.15) is 24.4 Å².